The number of hydrogen-bond donors (Lipinski definition) is 2. The van der Waals surface area contributed by atoms with Gasteiger partial charge in [-0.15, -0.1) is 0 Å². The molecule has 1 aliphatic carbocycles. The maximum absolute atomic E-state index is 10.8. The van der Waals surface area contributed by atoms with Crippen molar-refractivity contribution in [3.05, 3.63) is 58.9 Å². The van der Waals surface area contributed by atoms with Crippen LogP contribution in [0.15, 0.2) is 35.0 Å². The number of rotatable bonds is 6. The van der Waals surface area contributed by atoms with E-state index in [2.05, 4.69) is 23.4 Å². The maximum atomic E-state index is 10.8. The maximum Gasteiger partial charge on any atom is 0.164 e. The second-order valence-corrected chi connectivity index (χ2v) is 8.60. The van der Waals surface area contributed by atoms with E-state index >= 15 is 0 Å². The van der Waals surface area contributed by atoms with Crippen LogP contribution in [-0.2, 0) is 24.1 Å². The molecule has 4 heterocycles. The average molecular weight is 409 g/mol. The molecule has 3 aromatic heterocycles. The van der Waals surface area contributed by atoms with Gasteiger partial charge >= 0.3 is 0 Å². The van der Waals surface area contributed by atoms with Crippen LogP contribution in [0.1, 0.15) is 54.3 Å². The summed E-state index contributed by atoms with van der Waals surface area (Å²) in [5.74, 6) is 1.48. The molecular formula is C23H28N4O3. The third kappa shape index (κ3) is 3.57. The molecule has 2 unspecified atom stereocenters. The van der Waals surface area contributed by atoms with Crippen LogP contribution in [0.5, 0.6) is 0 Å². The molecule has 7 heteroatoms. The first-order valence-electron chi connectivity index (χ1n) is 10.7. The summed E-state index contributed by atoms with van der Waals surface area (Å²) in [6.07, 6.45) is 6.79. The second-order valence-electron chi connectivity index (χ2n) is 8.60. The van der Waals surface area contributed by atoms with Crippen LogP contribution in [0.3, 0.4) is 0 Å². The number of aromatic nitrogens is 3. The predicted octanol–water partition coefficient (Wildman–Crippen LogP) is 3.14. The highest BCUT2D eigenvalue weighted by molar-refractivity contribution is 5.72. The molecule has 5 rings (SSSR count). The molecule has 7 nitrogen and oxygen atoms in total. The molecular weight excluding hydrogens is 380 g/mol. The number of fused-ring (bicyclic) bond motifs is 3. The van der Waals surface area contributed by atoms with Crippen molar-refractivity contribution in [3.8, 4) is 11.3 Å². The number of aliphatic hydroxyl groups excluding tert-OH is 1. The number of aliphatic hydroxyl groups is 1. The summed E-state index contributed by atoms with van der Waals surface area (Å²) in [7, 11) is 0. The fraction of sp³-hybridized carbons (Fsp3) is 0.478. The summed E-state index contributed by atoms with van der Waals surface area (Å²) in [4.78, 5) is 4.40. The van der Waals surface area contributed by atoms with Crippen LogP contribution in [0, 0.1) is 6.92 Å². The molecule has 0 bridgehead atoms. The first kappa shape index (κ1) is 19.5. The number of nitrogens with one attached hydrogen (secondary N) is 1. The van der Waals surface area contributed by atoms with Crippen LogP contribution in [0.25, 0.3) is 11.3 Å². The van der Waals surface area contributed by atoms with Crippen molar-refractivity contribution >= 4 is 0 Å². The van der Waals surface area contributed by atoms with Crippen molar-refractivity contribution in [3.63, 3.8) is 0 Å². The lowest BCUT2D eigenvalue weighted by Gasteiger charge is -2.25. The van der Waals surface area contributed by atoms with Crippen LogP contribution in [-0.4, -0.2) is 38.6 Å². The monoisotopic (exact) mass is 408 g/mol. The lowest BCUT2D eigenvalue weighted by atomic mass is 9.93. The van der Waals surface area contributed by atoms with E-state index in [-0.39, 0.29) is 5.60 Å². The number of nitrogens with zero attached hydrogens (tertiary/aromatic N) is 3. The highest BCUT2D eigenvalue weighted by Gasteiger charge is 2.33. The first-order valence-corrected chi connectivity index (χ1v) is 10.7. The molecule has 0 amide bonds. The van der Waals surface area contributed by atoms with E-state index in [1.807, 2.05) is 29.8 Å². The van der Waals surface area contributed by atoms with E-state index < -0.39 is 6.23 Å². The van der Waals surface area contributed by atoms with Crippen molar-refractivity contribution in [1.82, 2.24) is 20.1 Å². The number of furan rings is 1. The van der Waals surface area contributed by atoms with Gasteiger partial charge < -0.3 is 14.3 Å². The van der Waals surface area contributed by atoms with E-state index in [1.165, 1.54) is 5.56 Å². The molecule has 1 saturated heterocycles. The Labute approximate surface area is 176 Å². The number of ether oxygens (including phenoxy) is 1. The van der Waals surface area contributed by atoms with Crippen LogP contribution >= 0.6 is 0 Å². The molecule has 0 aromatic carbocycles. The number of hydrogen-bond acceptors (Lipinski definition) is 6. The topological polar surface area (TPSA) is 85.3 Å². The molecule has 0 spiro atoms. The smallest absolute Gasteiger partial charge is 0.164 e. The van der Waals surface area contributed by atoms with Crippen molar-refractivity contribution in [2.24, 2.45) is 0 Å². The van der Waals surface area contributed by atoms with E-state index in [0.29, 0.717) is 18.8 Å². The molecule has 0 saturated carbocycles. The molecule has 30 heavy (non-hydrogen) atoms. The minimum absolute atomic E-state index is 0.224. The summed E-state index contributed by atoms with van der Waals surface area (Å²) in [6, 6.07) is 5.91. The van der Waals surface area contributed by atoms with Crippen LogP contribution in [0.4, 0.5) is 0 Å². The summed E-state index contributed by atoms with van der Waals surface area (Å²) in [5, 5.41) is 18.8. The molecule has 1 fully saturated rings. The molecule has 3 aromatic rings. The van der Waals surface area contributed by atoms with Crippen LogP contribution < -0.4 is 5.32 Å². The van der Waals surface area contributed by atoms with Gasteiger partial charge in [0.05, 0.1) is 23.5 Å². The Hall–Kier alpha value is -2.48. The van der Waals surface area contributed by atoms with Crippen molar-refractivity contribution in [1.29, 1.82) is 0 Å². The van der Waals surface area contributed by atoms with E-state index in [9.17, 15) is 5.11 Å². The van der Waals surface area contributed by atoms with Crippen molar-refractivity contribution in [2.75, 3.05) is 13.2 Å². The third-order valence-corrected chi connectivity index (χ3v) is 6.22. The average Bonchev–Trinajstić information content (AvgIpc) is 3.44. The fourth-order valence-corrected chi connectivity index (χ4v) is 4.56. The van der Waals surface area contributed by atoms with Gasteiger partial charge in [0.2, 0.25) is 0 Å². The Kier molecular flexibility index (Phi) is 4.97. The normalized spacial score (nSPS) is 21.4. The lowest BCUT2D eigenvalue weighted by Crippen LogP contribution is -2.39. The predicted molar refractivity (Wildman–Crippen MR) is 112 cm³/mol. The van der Waals surface area contributed by atoms with E-state index in [0.717, 1.165) is 60.6 Å². The highest BCUT2D eigenvalue weighted by atomic mass is 16.5. The Morgan fingerprint density at radius 3 is 3.00 bits per heavy atom. The largest absolute Gasteiger partial charge is 0.461 e. The standard InChI is InChI=1S/C23H28N4O3/c1-15-19-18(30-21(15)22(28)25-14-23(2)9-5-11-29-23)8-7-16-12-27(26-20(16)19)13-17-6-3-4-10-24-17/h3-4,6,10,12,22,25,28H,5,7-9,11,13-14H2,1-2H3. The zero-order chi connectivity index (χ0) is 20.7. The highest BCUT2D eigenvalue weighted by Crippen LogP contribution is 2.40. The number of aryl methyl sites for hydroxylation is 2. The van der Waals surface area contributed by atoms with Gasteiger partial charge in [-0.05, 0) is 50.8 Å². The summed E-state index contributed by atoms with van der Waals surface area (Å²) >= 11 is 0. The third-order valence-electron chi connectivity index (χ3n) is 6.22. The van der Waals surface area contributed by atoms with Gasteiger partial charge in [0.15, 0.2) is 12.0 Å². The minimum Gasteiger partial charge on any atom is -0.461 e. The van der Waals surface area contributed by atoms with Gasteiger partial charge in [0.25, 0.3) is 0 Å². The van der Waals surface area contributed by atoms with E-state index in [1.54, 1.807) is 6.20 Å². The van der Waals surface area contributed by atoms with Crippen molar-refractivity contribution < 1.29 is 14.3 Å². The van der Waals surface area contributed by atoms with Gasteiger partial charge in [-0.25, -0.2) is 0 Å². The van der Waals surface area contributed by atoms with Gasteiger partial charge in [-0.3, -0.25) is 15.0 Å². The molecule has 158 valence electrons. The van der Waals surface area contributed by atoms with Gasteiger partial charge in [0.1, 0.15) is 5.76 Å². The van der Waals surface area contributed by atoms with Crippen molar-refractivity contribution in [2.45, 2.75) is 57.9 Å². The lowest BCUT2D eigenvalue weighted by molar-refractivity contribution is 0.00243. The molecule has 0 radical (unpaired) electrons. The molecule has 2 N–H and O–H groups in total. The SMILES string of the molecule is Cc1c(C(O)NCC2(C)CCCO2)oc2c1-c1nn(Cc3ccccn3)cc1CC2. The Morgan fingerprint density at radius 2 is 2.23 bits per heavy atom. The number of pyridine rings is 1. The van der Waals surface area contributed by atoms with Gasteiger partial charge in [-0.2, -0.15) is 5.10 Å². The Bertz CT molecular complexity index is 1030. The van der Waals surface area contributed by atoms with Crippen LogP contribution in [0.2, 0.25) is 0 Å². The minimum atomic E-state index is -0.865. The zero-order valence-corrected chi connectivity index (χ0v) is 17.5. The van der Waals surface area contributed by atoms with Gasteiger partial charge in [-0.1, -0.05) is 6.07 Å². The summed E-state index contributed by atoms with van der Waals surface area (Å²) in [5.41, 5.74) is 4.89. The molecule has 2 aliphatic rings. The second kappa shape index (κ2) is 7.65. The summed E-state index contributed by atoms with van der Waals surface area (Å²) < 4.78 is 13.9. The molecule has 1 aliphatic heterocycles. The fourth-order valence-electron chi connectivity index (χ4n) is 4.56. The Balaban J connectivity index is 1.38. The van der Waals surface area contributed by atoms with E-state index in [4.69, 9.17) is 14.3 Å². The quantitative estimate of drug-likeness (QED) is 0.610. The summed E-state index contributed by atoms with van der Waals surface area (Å²) in [6.45, 7) is 6.09. The molecule has 2 atom stereocenters. The Morgan fingerprint density at radius 1 is 1.33 bits per heavy atom. The zero-order valence-electron chi connectivity index (χ0n) is 17.5. The first-order chi connectivity index (χ1) is 14.5. The van der Waals surface area contributed by atoms with Gasteiger partial charge in [0, 0.05) is 43.1 Å².